The molecule has 5 atom stereocenters. The third-order valence-corrected chi connectivity index (χ3v) is 10.3. The zero-order valence-corrected chi connectivity index (χ0v) is 28.8. The van der Waals surface area contributed by atoms with Crippen LogP contribution < -0.4 is 0 Å². The first-order valence-electron chi connectivity index (χ1n) is 16.1. The molecule has 3 fully saturated rings. The fourth-order valence-corrected chi connectivity index (χ4v) is 7.12. The van der Waals surface area contributed by atoms with Crippen molar-refractivity contribution in [3.63, 3.8) is 0 Å². The van der Waals surface area contributed by atoms with Crippen LogP contribution in [-0.4, -0.2) is 39.4 Å². The number of ether oxygens (including phenoxy) is 1. The molecule has 3 rings (SSSR count). The number of aliphatic hydroxyl groups is 2. The summed E-state index contributed by atoms with van der Waals surface area (Å²) >= 11 is 0. The summed E-state index contributed by atoms with van der Waals surface area (Å²) in [6.45, 7) is 20.8. The third kappa shape index (κ3) is 8.07. The number of rotatable bonds is 11. The van der Waals surface area contributed by atoms with Crippen molar-refractivity contribution in [2.45, 2.75) is 118 Å². The molecule has 0 bridgehead atoms. The van der Waals surface area contributed by atoms with Crippen LogP contribution in [0.4, 0.5) is 0 Å². The van der Waals surface area contributed by atoms with Gasteiger partial charge in [0.25, 0.3) is 0 Å². The second-order valence-electron chi connectivity index (χ2n) is 15.1. The van der Waals surface area contributed by atoms with Gasteiger partial charge in [0.05, 0.1) is 12.2 Å². The van der Waals surface area contributed by atoms with E-state index in [1.54, 1.807) is 6.08 Å². The molecule has 4 nitrogen and oxygen atoms in total. The molecule has 1 saturated heterocycles. The van der Waals surface area contributed by atoms with Crippen molar-refractivity contribution in [2.75, 3.05) is 0 Å². The van der Waals surface area contributed by atoms with E-state index in [-0.39, 0.29) is 33.9 Å². The lowest BCUT2D eigenvalue weighted by Gasteiger charge is -2.39. The number of epoxide rings is 1. The molecule has 5 unspecified atom stereocenters. The van der Waals surface area contributed by atoms with E-state index in [9.17, 15) is 15.0 Å². The van der Waals surface area contributed by atoms with Gasteiger partial charge in [0.1, 0.15) is 11.2 Å². The Balaban J connectivity index is 1.48. The number of hydrogen-bond acceptors (Lipinski definition) is 4. The standard InChI is InChI=1S/C40H56O4/c1-29(17-13-19-31(3)21-22-35(43)38(9)27-33(41)25-36(38,5)6)15-11-12-16-30(2)18-14-20-32(4)23-24-40-37(7,8)26-34(42)28-39(40,10)44-40/h11-24,33-34,41-42H,25-28H2,1-10H3. The number of fused-ring (bicyclic) bond motifs is 1. The summed E-state index contributed by atoms with van der Waals surface area (Å²) in [5.74, 6) is 0.0831. The SMILES string of the molecule is CC(C=CC=C(C)C=CC(=O)C1(C)CC(O)CC1(C)C)=CC=CC=C(C)C=CC=C(C)C=CC12OC1(C)CC(O)CC2(C)C. The average molecular weight is 601 g/mol. The number of ketones is 1. The van der Waals surface area contributed by atoms with Crippen LogP contribution in [0.25, 0.3) is 0 Å². The minimum absolute atomic E-state index is 0.0831. The lowest BCUT2D eigenvalue weighted by atomic mass is 9.63. The maximum absolute atomic E-state index is 12.9. The van der Waals surface area contributed by atoms with Gasteiger partial charge in [-0.15, -0.1) is 0 Å². The molecular formula is C40H56O4. The topological polar surface area (TPSA) is 70.1 Å². The summed E-state index contributed by atoms with van der Waals surface area (Å²) in [6, 6.07) is 0. The van der Waals surface area contributed by atoms with E-state index in [0.29, 0.717) is 19.3 Å². The Morgan fingerprint density at radius 1 is 0.591 bits per heavy atom. The normalized spacial score (nSPS) is 34.7. The highest BCUT2D eigenvalue weighted by Gasteiger charge is 2.74. The maximum atomic E-state index is 12.9. The lowest BCUT2D eigenvalue weighted by Crippen LogP contribution is -2.46. The Morgan fingerprint density at radius 3 is 1.55 bits per heavy atom. The highest BCUT2D eigenvalue weighted by molar-refractivity contribution is 5.95. The molecule has 240 valence electrons. The second-order valence-corrected chi connectivity index (χ2v) is 15.1. The quantitative estimate of drug-likeness (QED) is 0.141. The Labute approximate surface area is 267 Å². The number of carbonyl (C=O) groups is 1. The zero-order chi connectivity index (χ0) is 33.0. The Hall–Kier alpha value is -2.79. The molecule has 4 heteroatoms. The van der Waals surface area contributed by atoms with E-state index in [1.165, 1.54) is 0 Å². The van der Waals surface area contributed by atoms with Gasteiger partial charge in [-0.3, -0.25) is 4.79 Å². The largest absolute Gasteiger partial charge is 0.393 e. The van der Waals surface area contributed by atoms with Crippen molar-refractivity contribution < 1.29 is 19.7 Å². The van der Waals surface area contributed by atoms with E-state index >= 15 is 0 Å². The summed E-state index contributed by atoms with van der Waals surface area (Å²) in [5, 5.41) is 20.4. The van der Waals surface area contributed by atoms with Gasteiger partial charge in [-0.2, -0.15) is 0 Å². The summed E-state index contributed by atoms with van der Waals surface area (Å²) in [4.78, 5) is 12.9. The van der Waals surface area contributed by atoms with Crippen molar-refractivity contribution in [1.82, 2.24) is 0 Å². The molecule has 2 aliphatic carbocycles. The van der Waals surface area contributed by atoms with Gasteiger partial charge in [0.2, 0.25) is 0 Å². The first-order valence-corrected chi connectivity index (χ1v) is 16.1. The molecule has 1 heterocycles. The van der Waals surface area contributed by atoms with Gasteiger partial charge >= 0.3 is 0 Å². The number of allylic oxidation sites excluding steroid dienone is 17. The van der Waals surface area contributed by atoms with Crippen molar-refractivity contribution in [1.29, 1.82) is 0 Å². The fraction of sp³-hybridized carbons (Fsp3) is 0.525. The van der Waals surface area contributed by atoms with E-state index in [0.717, 1.165) is 28.7 Å². The van der Waals surface area contributed by atoms with Crippen LogP contribution in [0.1, 0.15) is 94.9 Å². The minimum Gasteiger partial charge on any atom is -0.393 e. The summed E-state index contributed by atoms with van der Waals surface area (Å²) < 4.78 is 6.24. The van der Waals surface area contributed by atoms with E-state index in [2.05, 4.69) is 97.9 Å². The van der Waals surface area contributed by atoms with E-state index in [4.69, 9.17) is 4.74 Å². The van der Waals surface area contributed by atoms with Crippen molar-refractivity contribution in [2.24, 2.45) is 16.2 Å². The van der Waals surface area contributed by atoms with Gasteiger partial charge in [-0.1, -0.05) is 130 Å². The maximum Gasteiger partial charge on any atom is 0.162 e. The Kier molecular flexibility index (Phi) is 11.1. The predicted molar refractivity (Wildman–Crippen MR) is 184 cm³/mol. The fourth-order valence-electron chi connectivity index (χ4n) is 7.12. The molecule has 44 heavy (non-hydrogen) atoms. The van der Waals surface area contributed by atoms with Crippen LogP contribution in [0.2, 0.25) is 0 Å². The molecular weight excluding hydrogens is 544 g/mol. The predicted octanol–water partition coefficient (Wildman–Crippen LogP) is 9.02. The number of carbonyl (C=O) groups excluding carboxylic acids is 1. The second kappa shape index (κ2) is 13.7. The molecule has 0 spiro atoms. The summed E-state index contributed by atoms with van der Waals surface area (Å²) in [7, 11) is 0. The lowest BCUT2D eigenvalue weighted by molar-refractivity contribution is -0.127. The first kappa shape index (κ1) is 35.7. The first-order chi connectivity index (χ1) is 20.4. The highest BCUT2D eigenvalue weighted by atomic mass is 16.6. The molecule has 0 aromatic rings. The molecule has 2 N–H and O–H groups in total. The van der Waals surface area contributed by atoms with Crippen LogP contribution in [0, 0.1) is 16.2 Å². The highest BCUT2D eigenvalue weighted by Crippen LogP contribution is 2.66. The summed E-state index contributed by atoms with van der Waals surface area (Å²) in [5.41, 5.74) is 2.99. The van der Waals surface area contributed by atoms with E-state index in [1.807, 2.05) is 50.3 Å². The van der Waals surface area contributed by atoms with Crippen LogP contribution in [0.15, 0.2) is 107 Å². The molecule has 3 aliphatic rings. The smallest absolute Gasteiger partial charge is 0.162 e. The number of hydrogen-bond donors (Lipinski definition) is 2. The monoisotopic (exact) mass is 600 g/mol. The molecule has 2 saturated carbocycles. The molecule has 0 radical (unpaired) electrons. The Bertz CT molecular complexity index is 1360. The molecule has 0 aromatic carbocycles. The third-order valence-electron chi connectivity index (χ3n) is 10.3. The van der Waals surface area contributed by atoms with Crippen LogP contribution in [0.5, 0.6) is 0 Å². The minimum atomic E-state index is -0.534. The van der Waals surface area contributed by atoms with Gasteiger partial charge in [-0.05, 0) is 71.4 Å². The molecule has 0 aromatic heterocycles. The average Bonchev–Trinajstić information content (AvgIpc) is 3.46. The van der Waals surface area contributed by atoms with E-state index < -0.39 is 11.5 Å². The van der Waals surface area contributed by atoms with Crippen molar-refractivity contribution >= 4 is 5.78 Å². The number of aliphatic hydroxyl groups excluding tert-OH is 2. The molecule has 0 amide bonds. The van der Waals surface area contributed by atoms with Crippen LogP contribution >= 0.6 is 0 Å². The summed E-state index contributed by atoms with van der Waals surface area (Å²) in [6.07, 6.45) is 30.3. The van der Waals surface area contributed by atoms with Crippen molar-refractivity contribution in [3.05, 3.63) is 107 Å². The van der Waals surface area contributed by atoms with Crippen molar-refractivity contribution in [3.8, 4) is 0 Å². The Morgan fingerprint density at radius 2 is 1.05 bits per heavy atom. The van der Waals surface area contributed by atoms with Crippen LogP contribution in [-0.2, 0) is 9.53 Å². The van der Waals surface area contributed by atoms with Crippen LogP contribution in [0.3, 0.4) is 0 Å². The van der Waals surface area contributed by atoms with Gasteiger partial charge in [0, 0.05) is 17.3 Å². The van der Waals surface area contributed by atoms with Gasteiger partial charge in [0.15, 0.2) is 5.78 Å². The zero-order valence-electron chi connectivity index (χ0n) is 28.8. The molecule has 1 aliphatic heterocycles. The van der Waals surface area contributed by atoms with Gasteiger partial charge in [-0.25, -0.2) is 0 Å². The van der Waals surface area contributed by atoms with Gasteiger partial charge < -0.3 is 14.9 Å².